The standard InChI is InChI=1S/C13H25NO/c14-9-11-5-1-2-6-12(11)10-15-13-7-3-4-8-13/h11-13H,1-10,14H2. The maximum Gasteiger partial charge on any atom is 0.0575 e. The summed E-state index contributed by atoms with van der Waals surface area (Å²) >= 11 is 0. The molecule has 2 saturated carbocycles. The predicted octanol–water partition coefficient (Wildman–Crippen LogP) is 2.71. The molecule has 0 spiro atoms. The average molecular weight is 211 g/mol. The Labute approximate surface area is 93.6 Å². The molecule has 0 radical (unpaired) electrons. The SMILES string of the molecule is NCC1CCCCC1COC1CCCC1. The van der Waals surface area contributed by atoms with Crippen LogP contribution in [-0.4, -0.2) is 19.3 Å². The van der Waals surface area contributed by atoms with E-state index >= 15 is 0 Å². The van der Waals surface area contributed by atoms with Gasteiger partial charge in [-0.25, -0.2) is 0 Å². The van der Waals surface area contributed by atoms with Crippen LogP contribution in [-0.2, 0) is 4.74 Å². The van der Waals surface area contributed by atoms with Crippen molar-refractivity contribution in [2.45, 2.75) is 57.5 Å². The fraction of sp³-hybridized carbons (Fsp3) is 1.00. The Morgan fingerprint density at radius 1 is 0.867 bits per heavy atom. The molecule has 2 aliphatic rings. The first kappa shape index (κ1) is 11.4. The summed E-state index contributed by atoms with van der Waals surface area (Å²) in [6, 6.07) is 0. The van der Waals surface area contributed by atoms with Crippen LogP contribution in [0.3, 0.4) is 0 Å². The minimum Gasteiger partial charge on any atom is -0.378 e. The van der Waals surface area contributed by atoms with Crippen LogP contribution in [0.5, 0.6) is 0 Å². The third kappa shape index (κ3) is 3.18. The topological polar surface area (TPSA) is 35.2 Å². The molecule has 2 fully saturated rings. The number of rotatable bonds is 4. The molecule has 2 atom stereocenters. The minimum atomic E-state index is 0.574. The summed E-state index contributed by atoms with van der Waals surface area (Å²) in [7, 11) is 0. The number of ether oxygens (including phenoxy) is 1. The summed E-state index contributed by atoms with van der Waals surface area (Å²) in [4.78, 5) is 0. The molecule has 2 N–H and O–H groups in total. The van der Waals surface area contributed by atoms with Gasteiger partial charge >= 0.3 is 0 Å². The van der Waals surface area contributed by atoms with Crippen LogP contribution in [0.4, 0.5) is 0 Å². The molecule has 0 aromatic heterocycles. The van der Waals surface area contributed by atoms with E-state index in [2.05, 4.69) is 0 Å². The summed E-state index contributed by atoms with van der Waals surface area (Å²) < 4.78 is 6.02. The van der Waals surface area contributed by atoms with Crippen molar-refractivity contribution in [2.24, 2.45) is 17.6 Å². The average Bonchev–Trinajstić information content (AvgIpc) is 2.79. The Balaban J connectivity index is 1.71. The molecular formula is C13H25NO. The maximum absolute atomic E-state index is 6.02. The Kier molecular flexibility index (Phi) is 4.45. The highest BCUT2D eigenvalue weighted by Crippen LogP contribution is 2.31. The van der Waals surface area contributed by atoms with Gasteiger partial charge in [0, 0.05) is 0 Å². The molecule has 0 aliphatic heterocycles. The summed E-state index contributed by atoms with van der Waals surface area (Å²) in [6.45, 7) is 1.84. The van der Waals surface area contributed by atoms with Crippen LogP contribution in [0.2, 0.25) is 0 Å². The van der Waals surface area contributed by atoms with Crippen molar-refractivity contribution in [1.82, 2.24) is 0 Å². The van der Waals surface area contributed by atoms with Gasteiger partial charge in [0.25, 0.3) is 0 Å². The Morgan fingerprint density at radius 2 is 1.47 bits per heavy atom. The smallest absolute Gasteiger partial charge is 0.0575 e. The van der Waals surface area contributed by atoms with E-state index in [4.69, 9.17) is 10.5 Å². The van der Waals surface area contributed by atoms with E-state index in [1.807, 2.05) is 0 Å². The first-order chi connectivity index (χ1) is 7.40. The molecule has 2 aliphatic carbocycles. The van der Waals surface area contributed by atoms with Crippen LogP contribution in [0, 0.1) is 11.8 Å². The second-order valence-electron chi connectivity index (χ2n) is 5.28. The normalized spacial score (nSPS) is 33.4. The molecule has 88 valence electrons. The Hall–Kier alpha value is -0.0800. The largest absolute Gasteiger partial charge is 0.378 e. The fourth-order valence-corrected chi connectivity index (χ4v) is 3.13. The van der Waals surface area contributed by atoms with Crippen LogP contribution < -0.4 is 5.73 Å². The van der Waals surface area contributed by atoms with Gasteiger partial charge in [-0.05, 0) is 44.1 Å². The summed E-state index contributed by atoms with van der Waals surface area (Å²) in [5.41, 5.74) is 5.82. The number of hydrogen-bond donors (Lipinski definition) is 1. The van der Waals surface area contributed by atoms with Gasteiger partial charge in [-0.3, -0.25) is 0 Å². The summed E-state index contributed by atoms with van der Waals surface area (Å²) in [5, 5.41) is 0. The molecule has 0 amide bonds. The van der Waals surface area contributed by atoms with E-state index in [0.29, 0.717) is 6.10 Å². The third-order valence-electron chi connectivity index (χ3n) is 4.22. The van der Waals surface area contributed by atoms with Gasteiger partial charge in [0.2, 0.25) is 0 Å². The molecule has 2 unspecified atom stereocenters. The first-order valence-corrected chi connectivity index (χ1v) is 6.72. The van der Waals surface area contributed by atoms with Crippen molar-refractivity contribution < 1.29 is 4.74 Å². The summed E-state index contributed by atoms with van der Waals surface area (Å²) in [5.74, 6) is 1.49. The van der Waals surface area contributed by atoms with Crippen molar-refractivity contribution >= 4 is 0 Å². The Morgan fingerprint density at radius 3 is 2.13 bits per heavy atom. The van der Waals surface area contributed by atoms with E-state index in [9.17, 15) is 0 Å². The third-order valence-corrected chi connectivity index (χ3v) is 4.22. The van der Waals surface area contributed by atoms with Crippen LogP contribution in [0.1, 0.15) is 51.4 Å². The van der Waals surface area contributed by atoms with Crippen molar-refractivity contribution in [1.29, 1.82) is 0 Å². The lowest BCUT2D eigenvalue weighted by atomic mass is 9.80. The lowest BCUT2D eigenvalue weighted by Crippen LogP contribution is -2.31. The van der Waals surface area contributed by atoms with Gasteiger partial charge in [0.05, 0.1) is 12.7 Å². The number of nitrogens with two attached hydrogens (primary N) is 1. The zero-order valence-corrected chi connectivity index (χ0v) is 9.79. The van der Waals surface area contributed by atoms with Gasteiger partial charge in [-0.1, -0.05) is 25.7 Å². The molecule has 0 aromatic carbocycles. The van der Waals surface area contributed by atoms with Gasteiger partial charge in [0.15, 0.2) is 0 Å². The van der Waals surface area contributed by atoms with Crippen LogP contribution >= 0.6 is 0 Å². The van der Waals surface area contributed by atoms with E-state index in [1.54, 1.807) is 0 Å². The van der Waals surface area contributed by atoms with E-state index < -0.39 is 0 Å². The van der Waals surface area contributed by atoms with E-state index in [1.165, 1.54) is 51.4 Å². The second kappa shape index (κ2) is 5.86. The maximum atomic E-state index is 6.02. The number of hydrogen-bond acceptors (Lipinski definition) is 2. The van der Waals surface area contributed by atoms with Crippen LogP contribution in [0.15, 0.2) is 0 Å². The van der Waals surface area contributed by atoms with Crippen molar-refractivity contribution in [3.8, 4) is 0 Å². The molecule has 2 heteroatoms. The lowest BCUT2D eigenvalue weighted by molar-refractivity contribution is 0.00969. The van der Waals surface area contributed by atoms with Gasteiger partial charge in [0.1, 0.15) is 0 Å². The molecular weight excluding hydrogens is 186 g/mol. The van der Waals surface area contributed by atoms with Gasteiger partial charge < -0.3 is 10.5 Å². The van der Waals surface area contributed by atoms with Crippen molar-refractivity contribution in [2.75, 3.05) is 13.2 Å². The second-order valence-corrected chi connectivity index (χ2v) is 5.28. The molecule has 0 saturated heterocycles. The highest BCUT2D eigenvalue weighted by molar-refractivity contribution is 4.77. The molecule has 15 heavy (non-hydrogen) atoms. The van der Waals surface area contributed by atoms with Crippen molar-refractivity contribution in [3.63, 3.8) is 0 Å². The van der Waals surface area contributed by atoms with E-state index in [0.717, 1.165) is 25.0 Å². The van der Waals surface area contributed by atoms with Crippen LogP contribution in [0.25, 0.3) is 0 Å². The highest BCUT2D eigenvalue weighted by atomic mass is 16.5. The molecule has 2 nitrogen and oxygen atoms in total. The van der Waals surface area contributed by atoms with Gasteiger partial charge in [-0.15, -0.1) is 0 Å². The van der Waals surface area contributed by atoms with Gasteiger partial charge in [-0.2, -0.15) is 0 Å². The molecule has 2 rings (SSSR count). The zero-order chi connectivity index (χ0) is 10.5. The monoisotopic (exact) mass is 211 g/mol. The Bertz CT molecular complexity index is 177. The zero-order valence-electron chi connectivity index (χ0n) is 9.79. The molecule has 0 bridgehead atoms. The quantitative estimate of drug-likeness (QED) is 0.776. The highest BCUT2D eigenvalue weighted by Gasteiger charge is 2.25. The minimum absolute atomic E-state index is 0.574. The predicted molar refractivity (Wildman–Crippen MR) is 62.7 cm³/mol. The molecule has 0 heterocycles. The van der Waals surface area contributed by atoms with E-state index in [-0.39, 0.29) is 0 Å². The fourth-order valence-electron chi connectivity index (χ4n) is 3.13. The summed E-state index contributed by atoms with van der Waals surface area (Å²) in [6.07, 6.45) is 11.3. The molecule has 0 aromatic rings. The first-order valence-electron chi connectivity index (χ1n) is 6.72. The lowest BCUT2D eigenvalue weighted by Gasteiger charge is -2.31. The van der Waals surface area contributed by atoms with Crippen molar-refractivity contribution in [3.05, 3.63) is 0 Å².